The van der Waals surface area contributed by atoms with Gasteiger partial charge in [0.05, 0.1) is 0 Å². The van der Waals surface area contributed by atoms with Crippen molar-refractivity contribution in [1.29, 1.82) is 0 Å². The summed E-state index contributed by atoms with van der Waals surface area (Å²) in [7, 11) is 4.14. The van der Waals surface area contributed by atoms with Crippen molar-refractivity contribution < 1.29 is 4.57 Å². The molecule has 37 heavy (non-hydrogen) atoms. The van der Waals surface area contributed by atoms with E-state index in [2.05, 4.69) is 141 Å². The normalized spacial score (nSPS) is 16.9. The monoisotopic (exact) mass is 505 g/mol. The standard InChI is InChI=1S/C34H37N2S/c1-6-36-31-20-17-28-13-9-10-14-30(28)33(31)37-32(36)22-27-21-26(23-34(2,3)24-27)12-8-7-11-25-15-18-29(19-16-25)35(4)5/h7-22H,6,23-24H2,1-5H3/q+1. The third kappa shape index (κ3) is 5.62. The zero-order valence-electron chi connectivity index (χ0n) is 22.7. The Kier molecular flexibility index (Phi) is 7.17. The molecule has 2 nitrogen and oxygen atoms in total. The summed E-state index contributed by atoms with van der Waals surface area (Å²) in [4.78, 5) is 2.12. The molecule has 0 radical (unpaired) electrons. The van der Waals surface area contributed by atoms with Gasteiger partial charge in [0.25, 0.3) is 5.01 Å². The fourth-order valence-corrected chi connectivity index (χ4v) is 6.69. The van der Waals surface area contributed by atoms with Crippen molar-refractivity contribution in [2.75, 3.05) is 19.0 Å². The van der Waals surface area contributed by atoms with Gasteiger partial charge < -0.3 is 4.90 Å². The van der Waals surface area contributed by atoms with Gasteiger partial charge in [0.2, 0.25) is 5.52 Å². The van der Waals surface area contributed by atoms with Crippen LogP contribution >= 0.6 is 11.3 Å². The molecule has 3 heteroatoms. The van der Waals surface area contributed by atoms with Crippen molar-refractivity contribution in [2.45, 2.75) is 40.2 Å². The van der Waals surface area contributed by atoms with Gasteiger partial charge in [-0.3, -0.25) is 0 Å². The summed E-state index contributed by atoms with van der Waals surface area (Å²) in [5.74, 6) is 0. The molecule has 0 N–H and O–H groups in total. The smallest absolute Gasteiger partial charge is 0.263 e. The van der Waals surface area contributed by atoms with E-state index >= 15 is 0 Å². The van der Waals surface area contributed by atoms with Gasteiger partial charge in [-0.25, -0.2) is 0 Å². The molecular weight excluding hydrogens is 468 g/mol. The number of allylic oxidation sites excluding steroid dienone is 6. The van der Waals surface area contributed by atoms with Gasteiger partial charge in [0.15, 0.2) is 0 Å². The fourth-order valence-electron chi connectivity index (χ4n) is 5.36. The summed E-state index contributed by atoms with van der Waals surface area (Å²) in [6.07, 6.45) is 15.8. The van der Waals surface area contributed by atoms with Crippen LogP contribution in [0, 0.1) is 5.41 Å². The quantitative estimate of drug-likeness (QED) is 0.187. The van der Waals surface area contributed by atoms with Crippen LogP contribution in [0.4, 0.5) is 5.69 Å². The third-order valence-corrected chi connectivity index (χ3v) is 8.28. The fraction of sp³-hybridized carbons (Fsp3) is 0.265. The molecule has 3 aromatic carbocycles. The number of anilines is 1. The molecule has 0 unspecified atom stereocenters. The van der Waals surface area contributed by atoms with Crippen LogP contribution in [-0.2, 0) is 6.54 Å². The molecule has 1 aliphatic carbocycles. The van der Waals surface area contributed by atoms with Crippen LogP contribution in [0.15, 0.2) is 96.1 Å². The maximum absolute atomic E-state index is 2.47. The van der Waals surface area contributed by atoms with E-state index in [-0.39, 0.29) is 5.41 Å². The van der Waals surface area contributed by atoms with Crippen LogP contribution in [0.5, 0.6) is 0 Å². The first kappa shape index (κ1) is 25.2. The van der Waals surface area contributed by atoms with E-state index in [9.17, 15) is 0 Å². The second kappa shape index (κ2) is 10.5. The Hall–Kier alpha value is -3.43. The lowest BCUT2D eigenvalue weighted by atomic mass is 9.75. The van der Waals surface area contributed by atoms with Crippen molar-refractivity contribution in [3.05, 3.63) is 107 Å². The Balaban J connectivity index is 1.43. The number of nitrogens with zero attached hydrogens (tertiary/aromatic N) is 2. The van der Waals surface area contributed by atoms with E-state index in [1.54, 1.807) is 0 Å². The van der Waals surface area contributed by atoms with Gasteiger partial charge in [0.1, 0.15) is 11.2 Å². The van der Waals surface area contributed by atoms with Gasteiger partial charge >= 0.3 is 0 Å². The minimum absolute atomic E-state index is 0.242. The highest BCUT2D eigenvalue weighted by Gasteiger charge is 2.26. The molecule has 5 rings (SSSR count). The van der Waals surface area contributed by atoms with E-state index < -0.39 is 0 Å². The lowest BCUT2D eigenvalue weighted by molar-refractivity contribution is -0.665. The van der Waals surface area contributed by atoms with Crippen LogP contribution in [0.25, 0.3) is 33.1 Å². The molecule has 0 aliphatic heterocycles. The molecule has 0 fully saturated rings. The van der Waals surface area contributed by atoms with E-state index in [1.165, 1.54) is 48.4 Å². The SMILES string of the molecule is CC[n+]1c(/C=C2C=C(/C=C/C=C/c3ccc(N(C)C)cc3)CC(C)(C)C\2)sc2c3ccccc3ccc21. The molecular formula is C34H37N2S+. The molecule has 1 heterocycles. The molecule has 0 amide bonds. The summed E-state index contributed by atoms with van der Waals surface area (Å²) in [6, 6.07) is 21.9. The maximum atomic E-state index is 2.47. The summed E-state index contributed by atoms with van der Waals surface area (Å²) in [5.41, 5.74) is 6.82. The van der Waals surface area contributed by atoms with Crippen LogP contribution in [-0.4, -0.2) is 14.1 Å². The van der Waals surface area contributed by atoms with Crippen molar-refractivity contribution >= 4 is 50.2 Å². The molecule has 188 valence electrons. The van der Waals surface area contributed by atoms with E-state index in [1.807, 2.05) is 11.3 Å². The molecule has 0 saturated carbocycles. The van der Waals surface area contributed by atoms with Crippen molar-refractivity contribution in [3.63, 3.8) is 0 Å². The molecule has 1 aromatic heterocycles. The second-order valence-electron chi connectivity index (χ2n) is 11.0. The van der Waals surface area contributed by atoms with E-state index in [0.717, 1.165) is 19.4 Å². The maximum Gasteiger partial charge on any atom is 0.263 e. The van der Waals surface area contributed by atoms with Crippen molar-refractivity contribution in [1.82, 2.24) is 0 Å². The summed E-state index contributed by atoms with van der Waals surface area (Å²) in [5, 5.41) is 4.00. The second-order valence-corrected chi connectivity index (χ2v) is 12.0. The summed E-state index contributed by atoms with van der Waals surface area (Å²) < 4.78 is 3.85. The average molecular weight is 506 g/mol. The third-order valence-electron chi connectivity index (χ3n) is 7.10. The molecule has 0 saturated heterocycles. The van der Waals surface area contributed by atoms with Crippen molar-refractivity contribution in [3.8, 4) is 0 Å². The Morgan fingerprint density at radius 2 is 1.68 bits per heavy atom. The highest BCUT2D eigenvalue weighted by atomic mass is 32.1. The predicted molar refractivity (Wildman–Crippen MR) is 163 cm³/mol. The highest BCUT2D eigenvalue weighted by molar-refractivity contribution is 7.19. The topological polar surface area (TPSA) is 7.12 Å². The van der Waals surface area contributed by atoms with Gasteiger partial charge in [-0.1, -0.05) is 92.0 Å². The molecule has 0 atom stereocenters. The van der Waals surface area contributed by atoms with Crippen LogP contribution < -0.4 is 9.47 Å². The van der Waals surface area contributed by atoms with Gasteiger partial charge in [-0.2, -0.15) is 4.57 Å². The lowest BCUT2D eigenvalue weighted by Crippen LogP contribution is -2.33. The number of aromatic nitrogens is 1. The lowest BCUT2D eigenvalue weighted by Gasteiger charge is -2.30. The number of aryl methyl sites for hydroxylation is 1. The molecule has 0 spiro atoms. The molecule has 4 aromatic rings. The van der Waals surface area contributed by atoms with E-state index in [0.29, 0.717) is 0 Å². The van der Waals surface area contributed by atoms with Crippen LogP contribution in [0.2, 0.25) is 0 Å². The minimum atomic E-state index is 0.242. The van der Waals surface area contributed by atoms with E-state index in [4.69, 9.17) is 0 Å². The van der Waals surface area contributed by atoms with Crippen LogP contribution in [0.3, 0.4) is 0 Å². The van der Waals surface area contributed by atoms with Gasteiger partial charge in [0, 0.05) is 37.3 Å². The molecule has 1 aliphatic rings. The Morgan fingerprint density at radius 3 is 2.43 bits per heavy atom. The Bertz CT molecular complexity index is 1540. The molecule has 0 bridgehead atoms. The number of fused-ring (bicyclic) bond motifs is 3. The van der Waals surface area contributed by atoms with Gasteiger partial charge in [-0.15, -0.1) is 0 Å². The average Bonchev–Trinajstić information content (AvgIpc) is 3.23. The Morgan fingerprint density at radius 1 is 0.919 bits per heavy atom. The highest BCUT2D eigenvalue weighted by Crippen LogP contribution is 2.40. The number of benzene rings is 3. The Labute approximate surface area is 225 Å². The summed E-state index contributed by atoms with van der Waals surface area (Å²) in [6.45, 7) is 7.99. The largest absolute Gasteiger partial charge is 0.378 e. The number of rotatable bonds is 6. The number of hydrogen-bond acceptors (Lipinski definition) is 2. The first-order valence-corrected chi connectivity index (χ1v) is 14.0. The number of thiazole rings is 1. The zero-order valence-corrected chi connectivity index (χ0v) is 23.5. The van der Waals surface area contributed by atoms with Crippen LogP contribution in [0.1, 0.15) is 44.2 Å². The summed E-state index contributed by atoms with van der Waals surface area (Å²) >= 11 is 1.92. The zero-order chi connectivity index (χ0) is 26.0. The number of hydrogen-bond donors (Lipinski definition) is 0. The van der Waals surface area contributed by atoms with Crippen molar-refractivity contribution in [2.24, 2.45) is 5.41 Å². The minimum Gasteiger partial charge on any atom is -0.378 e. The first-order chi connectivity index (χ1) is 17.8. The van der Waals surface area contributed by atoms with Gasteiger partial charge in [-0.05, 0) is 65.5 Å². The first-order valence-electron chi connectivity index (χ1n) is 13.2. The predicted octanol–water partition coefficient (Wildman–Crippen LogP) is 8.83.